The summed E-state index contributed by atoms with van der Waals surface area (Å²) in [6, 6.07) is 0. The summed E-state index contributed by atoms with van der Waals surface area (Å²) in [6.45, 7) is 2.15. The third-order valence-corrected chi connectivity index (χ3v) is 2.45. The number of terminal acetylenes is 1. The van der Waals surface area contributed by atoms with Crippen LogP contribution in [0.2, 0.25) is 0 Å². The molecule has 0 heteroatoms. The Kier molecular flexibility index (Phi) is 2.81. The van der Waals surface area contributed by atoms with E-state index in [0.717, 1.165) is 5.92 Å². The van der Waals surface area contributed by atoms with Gasteiger partial charge < -0.3 is 0 Å². The lowest BCUT2D eigenvalue weighted by molar-refractivity contribution is 0.452. The van der Waals surface area contributed by atoms with Crippen molar-refractivity contribution in [1.29, 1.82) is 0 Å². The zero-order valence-electron chi connectivity index (χ0n) is 6.77. The van der Waals surface area contributed by atoms with Crippen LogP contribution in [0.5, 0.6) is 0 Å². The summed E-state index contributed by atoms with van der Waals surface area (Å²) in [5.74, 6) is 4.24. The predicted molar refractivity (Wildman–Crippen MR) is 44.6 cm³/mol. The SMILES string of the molecule is C#CC(C)CC1CCCC1. The van der Waals surface area contributed by atoms with Gasteiger partial charge in [0.25, 0.3) is 0 Å². The fraction of sp³-hybridized carbons (Fsp3) is 0.800. The van der Waals surface area contributed by atoms with Gasteiger partial charge in [-0.1, -0.05) is 32.6 Å². The van der Waals surface area contributed by atoms with Crippen molar-refractivity contribution in [2.45, 2.75) is 39.0 Å². The first-order valence-electron chi connectivity index (χ1n) is 4.29. The van der Waals surface area contributed by atoms with E-state index in [2.05, 4.69) is 12.8 Å². The summed E-state index contributed by atoms with van der Waals surface area (Å²) >= 11 is 0. The van der Waals surface area contributed by atoms with Gasteiger partial charge >= 0.3 is 0 Å². The van der Waals surface area contributed by atoms with Crippen LogP contribution in [0.25, 0.3) is 0 Å². The second-order valence-corrected chi connectivity index (χ2v) is 3.45. The Labute approximate surface area is 64.0 Å². The normalized spacial score (nSPS) is 22.4. The molecule has 1 aliphatic carbocycles. The maximum absolute atomic E-state index is 5.30. The standard InChI is InChI=1S/C10H16/c1-3-9(2)8-10-6-4-5-7-10/h1,9-10H,4-8H2,2H3. The van der Waals surface area contributed by atoms with E-state index in [0.29, 0.717) is 5.92 Å². The van der Waals surface area contributed by atoms with Crippen LogP contribution in [0, 0.1) is 24.2 Å². The molecule has 0 radical (unpaired) electrons. The molecule has 0 bridgehead atoms. The average molecular weight is 136 g/mol. The Bertz CT molecular complexity index is 123. The van der Waals surface area contributed by atoms with Gasteiger partial charge in [0.15, 0.2) is 0 Å². The van der Waals surface area contributed by atoms with E-state index in [-0.39, 0.29) is 0 Å². The molecule has 0 heterocycles. The largest absolute Gasteiger partial charge is 0.120 e. The highest BCUT2D eigenvalue weighted by atomic mass is 14.2. The van der Waals surface area contributed by atoms with Crippen molar-refractivity contribution in [3.8, 4) is 12.3 Å². The van der Waals surface area contributed by atoms with Gasteiger partial charge in [0, 0.05) is 5.92 Å². The Hall–Kier alpha value is -0.440. The summed E-state index contributed by atoms with van der Waals surface area (Å²) in [7, 11) is 0. The van der Waals surface area contributed by atoms with Crippen LogP contribution in [0.1, 0.15) is 39.0 Å². The van der Waals surface area contributed by atoms with E-state index in [4.69, 9.17) is 6.42 Å². The maximum atomic E-state index is 5.30. The minimum absolute atomic E-state index is 0.503. The molecule has 56 valence electrons. The van der Waals surface area contributed by atoms with Crippen molar-refractivity contribution in [3.05, 3.63) is 0 Å². The van der Waals surface area contributed by atoms with Gasteiger partial charge in [-0.25, -0.2) is 0 Å². The van der Waals surface area contributed by atoms with Crippen molar-refractivity contribution in [3.63, 3.8) is 0 Å². The predicted octanol–water partition coefficient (Wildman–Crippen LogP) is 2.84. The van der Waals surface area contributed by atoms with Gasteiger partial charge in [-0.2, -0.15) is 0 Å². The molecule has 1 saturated carbocycles. The zero-order chi connectivity index (χ0) is 7.40. The lowest BCUT2D eigenvalue weighted by Crippen LogP contribution is -1.99. The molecule has 0 aromatic rings. The molecular weight excluding hydrogens is 120 g/mol. The minimum Gasteiger partial charge on any atom is -0.120 e. The van der Waals surface area contributed by atoms with Crippen molar-refractivity contribution in [1.82, 2.24) is 0 Å². The highest BCUT2D eigenvalue weighted by Crippen LogP contribution is 2.29. The average Bonchev–Trinajstić information content (AvgIpc) is 2.40. The molecule has 1 atom stereocenters. The number of hydrogen-bond acceptors (Lipinski definition) is 0. The monoisotopic (exact) mass is 136 g/mol. The first-order valence-corrected chi connectivity index (χ1v) is 4.29. The van der Waals surface area contributed by atoms with Crippen LogP contribution in [0.4, 0.5) is 0 Å². The molecule has 1 fully saturated rings. The summed E-state index contributed by atoms with van der Waals surface area (Å²) in [4.78, 5) is 0. The molecule has 0 aromatic heterocycles. The molecule has 1 aliphatic rings. The molecule has 0 amide bonds. The Balaban J connectivity index is 2.19. The number of rotatable bonds is 2. The van der Waals surface area contributed by atoms with Gasteiger partial charge in [0.2, 0.25) is 0 Å². The summed E-state index contributed by atoms with van der Waals surface area (Å²) in [6.07, 6.45) is 12.3. The van der Waals surface area contributed by atoms with Crippen LogP contribution in [0.3, 0.4) is 0 Å². The van der Waals surface area contributed by atoms with Crippen molar-refractivity contribution in [2.24, 2.45) is 11.8 Å². The zero-order valence-corrected chi connectivity index (χ0v) is 6.77. The second kappa shape index (κ2) is 3.66. The Morgan fingerprint density at radius 1 is 1.50 bits per heavy atom. The topological polar surface area (TPSA) is 0 Å². The van der Waals surface area contributed by atoms with Crippen LogP contribution < -0.4 is 0 Å². The minimum atomic E-state index is 0.503. The van der Waals surface area contributed by atoms with Crippen LogP contribution >= 0.6 is 0 Å². The third-order valence-electron chi connectivity index (χ3n) is 2.45. The van der Waals surface area contributed by atoms with Crippen LogP contribution in [-0.4, -0.2) is 0 Å². The Morgan fingerprint density at radius 2 is 2.10 bits per heavy atom. The van der Waals surface area contributed by atoms with E-state index < -0.39 is 0 Å². The molecule has 1 unspecified atom stereocenters. The summed E-state index contributed by atoms with van der Waals surface area (Å²) in [5.41, 5.74) is 0. The van der Waals surface area contributed by atoms with Crippen molar-refractivity contribution in [2.75, 3.05) is 0 Å². The third kappa shape index (κ3) is 2.06. The second-order valence-electron chi connectivity index (χ2n) is 3.45. The molecule has 0 spiro atoms. The molecule has 1 rings (SSSR count). The van der Waals surface area contributed by atoms with E-state index >= 15 is 0 Å². The highest BCUT2D eigenvalue weighted by Gasteiger charge is 2.16. The molecule has 0 saturated heterocycles. The molecule has 0 N–H and O–H groups in total. The molecule has 10 heavy (non-hydrogen) atoms. The van der Waals surface area contributed by atoms with Gasteiger partial charge in [0.1, 0.15) is 0 Å². The van der Waals surface area contributed by atoms with Crippen molar-refractivity contribution < 1.29 is 0 Å². The van der Waals surface area contributed by atoms with Crippen LogP contribution in [-0.2, 0) is 0 Å². The van der Waals surface area contributed by atoms with Gasteiger partial charge in [0.05, 0.1) is 0 Å². The number of hydrogen-bond donors (Lipinski definition) is 0. The summed E-state index contributed by atoms with van der Waals surface area (Å²) in [5, 5.41) is 0. The maximum Gasteiger partial charge on any atom is 0.0174 e. The fourth-order valence-electron chi connectivity index (χ4n) is 1.81. The van der Waals surface area contributed by atoms with Gasteiger partial charge in [-0.15, -0.1) is 12.3 Å². The van der Waals surface area contributed by atoms with Crippen LogP contribution in [0.15, 0.2) is 0 Å². The van der Waals surface area contributed by atoms with Crippen molar-refractivity contribution >= 4 is 0 Å². The highest BCUT2D eigenvalue weighted by molar-refractivity contribution is 4.91. The van der Waals surface area contributed by atoms with E-state index in [1.54, 1.807) is 0 Å². The first-order chi connectivity index (χ1) is 4.83. The lowest BCUT2D eigenvalue weighted by Gasteiger charge is -2.09. The first kappa shape index (κ1) is 7.66. The smallest absolute Gasteiger partial charge is 0.0174 e. The summed E-state index contributed by atoms with van der Waals surface area (Å²) < 4.78 is 0. The van der Waals surface area contributed by atoms with E-state index in [1.165, 1.54) is 32.1 Å². The van der Waals surface area contributed by atoms with Gasteiger partial charge in [-0.05, 0) is 12.3 Å². The Morgan fingerprint density at radius 3 is 2.60 bits per heavy atom. The molecule has 0 nitrogen and oxygen atoms in total. The molecule has 0 aromatic carbocycles. The fourth-order valence-corrected chi connectivity index (χ4v) is 1.81. The quantitative estimate of drug-likeness (QED) is 0.512. The molecular formula is C10H16. The molecule has 0 aliphatic heterocycles. The van der Waals surface area contributed by atoms with E-state index in [9.17, 15) is 0 Å². The van der Waals surface area contributed by atoms with E-state index in [1.807, 2.05) is 0 Å². The lowest BCUT2D eigenvalue weighted by atomic mass is 9.95. The van der Waals surface area contributed by atoms with Gasteiger partial charge in [-0.3, -0.25) is 0 Å².